The number of unbranched alkanes of at least 4 members (excludes halogenated alkanes) is 1. The van der Waals surface area contributed by atoms with E-state index < -0.39 is 0 Å². The molecule has 1 aromatic rings. The summed E-state index contributed by atoms with van der Waals surface area (Å²) in [6.07, 6.45) is 2.21. The summed E-state index contributed by atoms with van der Waals surface area (Å²) in [5.74, 6) is 0.678. The molecular formula is C13H17BrCl2O2. The van der Waals surface area contributed by atoms with Gasteiger partial charge in [0.25, 0.3) is 0 Å². The van der Waals surface area contributed by atoms with Crippen LogP contribution < -0.4 is 4.74 Å². The maximum absolute atomic E-state index is 6.10. The highest BCUT2D eigenvalue weighted by Crippen LogP contribution is 2.33. The molecule has 0 spiro atoms. The summed E-state index contributed by atoms with van der Waals surface area (Å²) in [6, 6.07) is 3.53. The van der Waals surface area contributed by atoms with Crippen molar-refractivity contribution in [1.82, 2.24) is 0 Å². The van der Waals surface area contributed by atoms with E-state index in [2.05, 4.69) is 22.9 Å². The summed E-state index contributed by atoms with van der Waals surface area (Å²) in [5, 5.41) is 1.80. The van der Waals surface area contributed by atoms with Crippen molar-refractivity contribution in [3.05, 3.63) is 27.7 Å². The first kappa shape index (κ1) is 16.1. The number of alkyl halides is 1. The fraction of sp³-hybridized carbons (Fsp3) is 0.538. The summed E-state index contributed by atoms with van der Waals surface area (Å²) in [6.45, 7) is 3.97. The van der Waals surface area contributed by atoms with Crippen molar-refractivity contribution in [2.75, 3.05) is 19.8 Å². The molecule has 0 heterocycles. The second-order valence-corrected chi connectivity index (χ2v) is 5.23. The lowest BCUT2D eigenvalue weighted by atomic mass is 10.2. The van der Waals surface area contributed by atoms with Crippen LogP contribution >= 0.6 is 39.1 Å². The minimum absolute atomic E-state index is 0.491. The molecule has 0 bridgehead atoms. The average Bonchev–Trinajstić information content (AvgIpc) is 2.35. The molecule has 0 radical (unpaired) electrons. The quantitative estimate of drug-likeness (QED) is 0.478. The first-order chi connectivity index (χ1) is 8.69. The molecule has 102 valence electrons. The van der Waals surface area contributed by atoms with Crippen LogP contribution in [0.15, 0.2) is 12.1 Å². The van der Waals surface area contributed by atoms with Gasteiger partial charge in [-0.05, 0) is 18.6 Å². The van der Waals surface area contributed by atoms with Crippen molar-refractivity contribution in [3.63, 3.8) is 0 Å². The smallest absolute Gasteiger partial charge is 0.142 e. The predicted molar refractivity (Wildman–Crippen MR) is 80.3 cm³/mol. The van der Waals surface area contributed by atoms with Gasteiger partial charge in [0.2, 0.25) is 0 Å². The lowest BCUT2D eigenvalue weighted by Crippen LogP contribution is -2.08. The first-order valence-corrected chi connectivity index (χ1v) is 7.81. The molecular weight excluding hydrogens is 339 g/mol. The van der Waals surface area contributed by atoms with Gasteiger partial charge in [-0.15, -0.1) is 0 Å². The highest BCUT2D eigenvalue weighted by Gasteiger charge is 2.09. The Kier molecular flexibility index (Phi) is 8.07. The first-order valence-electron chi connectivity index (χ1n) is 5.93. The van der Waals surface area contributed by atoms with Gasteiger partial charge in [-0.3, -0.25) is 0 Å². The molecule has 2 nitrogen and oxygen atoms in total. The van der Waals surface area contributed by atoms with Crippen LogP contribution in [0.5, 0.6) is 5.75 Å². The standard InChI is InChI=1S/C13H17BrCl2O2/c1-2-3-4-17-5-6-18-13-10(9-14)7-11(15)8-12(13)16/h7-8H,2-6,9H2,1H3. The summed E-state index contributed by atoms with van der Waals surface area (Å²) < 4.78 is 11.1. The molecule has 0 saturated carbocycles. The van der Waals surface area contributed by atoms with Crippen molar-refractivity contribution < 1.29 is 9.47 Å². The molecule has 0 aromatic heterocycles. The van der Waals surface area contributed by atoms with Crippen LogP contribution in [0.25, 0.3) is 0 Å². The zero-order valence-corrected chi connectivity index (χ0v) is 13.4. The Hall–Kier alpha value is 0.0400. The van der Waals surface area contributed by atoms with E-state index in [0.717, 1.165) is 25.0 Å². The fourth-order valence-electron chi connectivity index (χ4n) is 1.43. The molecule has 0 amide bonds. The Morgan fingerprint density at radius 1 is 1.17 bits per heavy atom. The Morgan fingerprint density at radius 2 is 1.94 bits per heavy atom. The van der Waals surface area contributed by atoms with Crippen LogP contribution in [-0.2, 0) is 10.1 Å². The molecule has 0 aliphatic heterocycles. The zero-order chi connectivity index (χ0) is 13.4. The van der Waals surface area contributed by atoms with Crippen LogP contribution in [0.3, 0.4) is 0 Å². The number of halogens is 3. The normalized spacial score (nSPS) is 10.7. The van der Waals surface area contributed by atoms with Gasteiger partial charge in [-0.1, -0.05) is 52.5 Å². The summed E-state index contributed by atoms with van der Waals surface area (Å²) >= 11 is 15.4. The number of rotatable bonds is 8. The van der Waals surface area contributed by atoms with Crippen LogP contribution in [0.2, 0.25) is 10.0 Å². The second-order valence-electron chi connectivity index (χ2n) is 3.82. The summed E-state index contributed by atoms with van der Waals surface area (Å²) in [5.41, 5.74) is 0.945. The van der Waals surface area contributed by atoms with E-state index in [1.165, 1.54) is 0 Å². The van der Waals surface area contributed by atoms with E-state index in [1.807, 2.05) is 6.07 Å². The van der Waals surface area contributed by atoms with Gasteiger partial charge in [0.1, 0.15) is 12.4 Å². The number of ether oxygens (including phenoxy) is 2. The van der Waals surface area contributed by atoms with E-state index in [0.29, 0.717) is 34.3 Å². The predicted octanol–water partition coefficient (Wildman–Crippen LogP) is 5.08. The lowest BCUT2D eigenvalue weighted by molar-refractivity contribution is 0.0978. The SMILES string of the molecule is CCCCOCCOc1c(Cl)cc(Cl)cc1CBr. The Bertz CT molecular complexity index is 372. The third-order valence-electron chi connectivity index (χ3n) is 2.35. The van der Waals surface area contributed by atoms with Crippen LogP contribution in [-0.4, -0.2) is 19.8 Å². The Balaban J connectivity index is 2.46. The second kappa shape index (κ2) is 9.03. The van der Waals surface area contributed by atoms with E-state index >= 15 is 0 Å². The maximum Gasteiger partial charge on any atom is 0.142 e. The average molecular weight is 356 g/mol. The number of benzene rings is 1. The minimum Gasteiger partial charge on any atom is -0.489 e. The fourth-order valence-corrected chi connectivity index (χ4v) is 2.43. The molecule has 1 aromatic carbocycles. The van der Waals surface area contributed by atoms with Crippen LogP contribution in [0.1, 0.15) is 25.3 Å². The van der Waals surface area contributed by atoms with E-state index in [9.17, 15) is 0 Å². The summed E-state index contributed by atoms with van der Waals surface area (Å²) in [7, 11) is 0. The minimum atomic E-state index is 0.491. The largest absolute Gasteiger partial charge is 0.489 e. The molecule has 0 N–H and O–H groups in total. The maximum atomic E-state index is 6.10. The van der Waals surface area contributed by atoms with Crippen molar-refractivity contribution in [3.8, 4) is 5.75 Å². The monoisotopic (exact) mass is 354 g/mol. The van der Waals surface area contributed by atoms with Crippen LogP contribution in [0, 0.1) is 0 Å². The molecule has 0 atom stereocenters. The topological polar surface area (TPSA) is 18.5 Å². The van der Waals surface area contributed by atoms with Gasteiger partial charge in [-0.25, -0.2) is 0 Å². The van der Waals surface area contributed by atoms with Crippen LogP contribution in [0.4, 0.5) is 0 Å². The Morgan fingerprint density at radius 3 is 2.61 bits per heavy atom. The molecule has 18 heavy (non-hydrogen) atoms. The number of hydrogen-bond donors (Lipinski definition) is 0. The van der Waals surface area contributed by atoms with Crippen molar-refractivity contribution in [1.29, 1.82) is 0 Å². The molecule has 5 heteroatoms. The molecule has 1 rings (SSSR count). The van der Waals surface area contributed by atoms with Gasteiger partial charge in [-0.2, -0.15) is 0 Å². The number of hydrogen-bond acceptors (Lipinski definition) is 2. The van der Waals surface area contributed by atoms with E-state index in [-0.39, 0.29) is 0 Å². The Labute approximate surface area is 127 Å². The van der Waals surface area contributed by atoms with Crippen molar-refractivity contribution >= 4 is 39.1 Å². The highest BCUT2D eigenvalue weighted by molar-refractivity contribution is 9.08. The van der Waals surface area contributed by atoms with Gasteiger partial charge >= 0.3 is 0 Å². The van der Waals surface area contributed by atoms with Gasteiger partial charge in [0.15, 0.2) is 0 Å². The molecule has 0 aliphatic carbocycles. The third kappa shape index (κ3) is 5.35. The highest BCUT2D eigenvalue weighted by atomic mass is 79.9. The van der Waals surface area contributed by atoms with Crippen molar-refractivity contribution in [2.24, 2.45) is 0 Å². The molecule has 0 fully saturated rings. The molecule has 0 saturated heterocycles. The van der Waals surface area contributed by atoms with Crippen molar-refractivity contribution in [2.45, 2.75) is 25.1 Å². The van der Waals surface area contributed by atoms with Gasteiger partial charge in [0, 0.05) is 22.5 Å². The van der Waals surface area contributed by atoms with E-state index in [1.54, 1.807) is 6.07 Å². The molecule has 0 aliphatic rings. The summed E-state index contributed by atoms with van der Waals surface area (Å²) in [4.78, 5) is 0. The van der Waals surface area contributed by atoms with E-state index in [4.69, 9.17) is 32.7 Å². The van der Waals surface area contributed by atoms with Gasteiger partial charge in [0.05, 0.1) is 11.6 Å². The third-order valence-corrected chi connectivity index (χ3v) is 3.45. The molecule has 0 unspecified atom stereocenters. The van der Waals surface area contributed by atoms with Gasteiger partial charge < -0.3 is 9.47 Å². The zero-order valence-electron chi connectivity index (χ0n) is 10.3. The lowest BCUT2D eigenvalue weighted by Gasteiger charge is -2.12.